The lowest BCUT2D eigenvalue weighted by Gasteiger charge is -2.11. The molecule has 0 saturated carbocycles. The molecular weight excluding hydrogens is 387 g/mol. The number of rotatable bonds is 8. The van der Waals surface area contributed by atoms with Crippen LogP contribution in [0.2, 0.25) is 0 Å². The number of amides is 1. The topological polar surface area (TPSA) is 119 Å². The van der Waals surface area contributed by atoms with E-state index in [-0.39, 0.29) is 23.5 Å². The molecule has 9 heteroatoms. The third-order valence-corrected chi connectivity index (χ3v) is 4.35. The second-order valence-electron chi connectivity index (χ2n) is 5.94. The highest BCUT2D eigenvalue weighted by molar-refractivity contribution is 7.85. The van der Waals surface area contributed by atoms with Crippen LogP contribution in [0.25, 0.3) is 0 Å². The quantitative estimate of drug-likeness (QED) is 0.572. The van der Waals surface area contributed by atoms with Crippen LogP contribution >= 0.6 is 0 Å². The van der Waals surface area contributed by atoms with Gasteiger partial charge in [0.2, 0.25) is 5.91 Å². The van der Waals surface area contributed by atoms with E-state index in [1.165, 1.54) is 19.1 Å². The first-order valence-electron chi connectivity index (χ1n) is 8.54. The first kappa shape index (κ1) is 23.5. The van der Waals surface area contributed by atoms with Gasteiger partial charge in [-0.15, -0.1) is 0 Å². The molecule has 2 rings (SSSR count). The first-order valence-corrected chi connectivity index (χ1v) is 10.2. The van der Waals surface area contributed by atoms with Crippen molar-refractivity contribution in [3.63, 3.8) is 0 Å². The van der Waals surface area contributed by atoms with Gasteiger partial charge in [0.05, 0.1) is 11.8 Å². The van der Waals surface area contributed by atoms with Gasteiger partial charge in [-0.3, -0.25) is 9.35 Å². The van der Waals surface area contributed by atoms with Gasteiger partial charge in [0.25, 0.3) is 10.1 Å². The molecule has 154 valence electrons. The number of carbonyl (C=O) groups excluding carboxylic acids is 1. The average Bonchev–Trinajstić information content (AvgIpc) is 2.65. The Hall–Kier alpha value is -2.49. The molecule has 2 aromatic carbocycles. The predicted octanol–water partition coefficient (Wildman–Crippen LogP) is 2.26. The Morgan fingerprint density at radius 2 is 1.82 bits per heavy atom. The minimum atomic E-state index is -3.66. The maximum atomic E-state index is 13.1. The molecule has 0 saturated heterocycles. The molecule has 0 aromatic heterocycles. The highest BCUT2D eigenvalue weighted by atomic mass is 32.2. The van der Waals surface area contributed by atoms with Gasteiger partial charge in [-0.1, -0.05) is 24.3 Å². The molecule has 0 aliphatic rings. The molecule has 0 aliphatic carbocycles. The molecule has 4 N–H and O–H groups in total. The van der Waals surface area contributed by atoms with Gasteiger partial charge >= 0.3 is 0 Å². The van der Waals surface area contributed by atoms with E-state index in [0.29, 0.717) is 18.9 Å². The smallest absolute Gasteiger partial charge is 0.264 e. The van der Waals surface area contributed by atoms with Crippen LogP contribution in [-0.2, 0) is 28.1 Å². The van der Waals surface area contributed by atoms with Gasteiger partial charge < -0.3 is 15.8 Å². The van der Waals surface area contributed by atoms with Crippen LogP contribution in [0.1, 0.15) is 25.0 Å². The second kappa shape index (κ2) is 11.4. The Kier molecular flexibility index (Phi) is 9.57. The van der Waals surface area contributed by atoms with Gasteiger partial charge in [-0.25, -0.2) is 4.39 Å². The van der Waals surface area contributed by atoms with Gasteiger partial charge in [0, 0.05) is 6.54 Å². The van der Waals surface area contributed by atoms with Crippen molar-refractivity contribution in [1.29, 1.82) is 0 Å². The molecule has 1 amide bonds. The van der Waals surface area contributed by atoms with Crippen LogP contribution in [0.3, 0.4) is 0 Å². The Morgan fingerprint density at radius 3 is 2.32 bits per heavy atom. The molecule has 2 aromatic rings. The summed E-state index contributed by atoms with van der Waals surface area (Å²) in [5.41, 5.74) is 6.98. The number of hydrogen-bond donors (Lipinski definition) is 3. The minimum absolute atomic E-state index is 0.201. The van der Waals surface area contributed by atoms with Gasteiger partial charge in [0.15, 0.2) is 0 Å². The summed E-state index contributed by atoms with van der Waals surface area (Å²) in [5, 5.41) is 3.02. The number of primary amides is 1. The van der Waals surface area contributed by atoms with Gasteiger partial charge in [-0.2, -0.15) is 8.42 Å². The van der Waals surface area contributed by atoms with Crippen LogP contribution in [0.4, 0.5) is 4.39 Å². The third-order valence-electron chi connectivity index (χ3n) is 3.62. The molecule has 1 atom stereocenters. The Morgan fingerprint density at radius 1 is 1.21 bits per heavy atom. The summed E-state index contributed by atoms with van der Waals surface area (Å²) in [6, 6.07) is 13.4. The largest absolute Gasteiger partial charge is 0.489 e. The molecule has 7 nitrogen and oxygen atoms in total. The van der Waals surface area contributed by atoms with Gasteiger partial charge in [0.1, 0.15) is 18.2 Å². The van der Waals surface area contributed by atoms with Crippen LogP contribution in [0.5, 0.6) is 5.75 Å². The van der Waals surface area contributed by atoms with E-state index < -0.39 is 10.1 Å². The van der Waals surface area contributed by atoms with E-state index in [4.69, 9.17) is 15.0 Å². The Balaban J connectivity index is 0.000000568. The van der Waals surface area contributed by atoms with Crippen LogP contribution < -0.4 is 15.8 Å². The van der Waals surface area contributed by atoms with Crippen molar-refractivity contribution < 1.29 is 26.9 Å². The first-order chi connectivity index (χ1) is 13.1. The average molecular weight is 412 g/mol. The third kappa shape index (κ3) is 10.0. The normalized spacial score (nSPS) is 11.9. The molecule has 0 bridgehead atoms. The summed E-state index contributed by atoms with van der Waals surface area (Å²) in [4.78, 5) is 10.9. The summed E-state index contributed by atoms with van der Waals surface area (Å²) in [7, 11) is -3.66. The molecule has 0 fully saturated rings. The van der Waals surface area contributed by atoms with Crippen LogP contribution in [0, 0.1) is 5.82 Å². The lowest BCUT2D eigenvalue weighted by Crippen LogP contribution is -2.38. The van der Waals surface area contributed by atoms with Crippen LogP contribution in [-0.4, -0.2) is 30.7 Å². The molecule has 0 aliphatic heterocycles. The van der Waals surface area contributed by atoms with Crippen molar-refractivity contribution in [3.05, 3.63) is 65.5 Å². The zero-order chi connectivity index (χ0) is 21.2. The van der Waals surface area contributed by atoms with Crippen molar-refractivity contribution in [2.24, 2.45) is 5.73 Å². The fraction of sp³-hybridized carbons (Fsp3) is 0.316. The lowest BCUT2D eigenvalue weighted by molar-refractivity contribution is -0.119. The second-order valence-corrected chi connectivity index (χ2v) is 7.68. The number of benzene rings is 2. The summed E-state index contributed by atoms with van der Waals surface area (Å²) in [5.74, 6) is -0.149. The molecule has 28 heavy (non-hydrogen) atoms. The molecule has 0 heterocycles. The van der Waals surface area contributed by atoms with Crippen molar-refractivity contribution in [1.82, 2.24) is 5.32 Å². The number of nitrogens with two attached hydrogens (primary N) is 1. The van der Waals surface area contributed by atoms with E-state index >= 15 is 0 Å². The number of ether oxygens (including phenoxy) is 1. The maximum absolute atomic E-state index is 13.1. The van der Waals surface area contributed by atoms with E-state index in [1.54, 1.807) is 13.0 Å². The lowest BCUT2D eigenvalue weighted by atomic mass is 10.2. The predicted molar refractivity (Wildman–Crippen MR) is 105 cm³/mol. The maximum Gasteiger partial charge on any atom is 0.264 e. The van der Waals surface area contributed by atoms with E-state index in [0.717, 1.165) is 11.1 Å². The van der Waals surface area contributed by atoms with Crippen molar-refractivity contribution in [2.45, 2.75) is 33.0 Å². The van der Waals surface area contributed by atoms with E-state index in [1.807, 2.05) is 30.3 Å². The standard InChI is InChI=1S/C17H19FN2O2.C2H6O3S/c1-12(17(19)21)20-10-13-5-7-16(8-6-13)22-11-14-3-2-4-15(18)9-14;1-2-6(3,4)5/h2-9,12,20H,10-11H2,1H3,(H2,19,21);2H2,1H3,(H,3,4,5)/t12-;/m0./s1. The highest BCUT2D eigenvalue weighted by Gasteiger charge is 2.07. The number of nitrogens with one attached hydrogen (secondary N) is 1. The number of carbonyl (C=O) groups is 1. The van der Waals surface area contributed by atoms with Crippen LogP contribution in [0.15, 0.2) is 48.5 Å². The summed E-state index contributed by atoms with van der Waals surface area (Å²) in [6.45, 7) is 3.95. The highest BCUT2D eigenvalue weighted by Crippen LogP contribution is 2.14. The van der Waals surface area contributed by atoms with E-state index in [2.05, 4.69) is 5.32 Å². The zero-order valence-corrected chi connectivity index (χ0v) is 16.6. The monoisotopic (exact) mass is 412 g/mol. The molecule has 0 radical (unpaired) electrons. The summed E-state index contributed by atoms with van der Waals surface area (Å²) >= 11 is 0. The Labute approximate surface area is 164 Å². The molecular formula is C19H25FN2O5S. The minimum Gasteiger partial charge on any atom is -0.489 e. The molecule has 0 spiro atoms. The number of halogens is 1. The molecule has 0 unspecified atom stereocenters. The number of hydrogen-bond acceptors (Lipinski definition) is 5. The SMILES string of the molecule is CCS(=O)(=O)O.C[C@H](NCc1ccc(OCc2cccc(F)c2)cc1)C(N)=O. The fourth-order valence-electron chi connectivity index (χ4n) is 1.87. The Bertz CT molecular complexity index is 857. The summed E-state index contributed by atoms with van der Waals surface area (Å²) < 4.78 is 45.6. The van der Waals surface area contributed by atoms with Crippen molar-refractivity contribution in [3.8, 4) is 5.75 Å². The van der Waals surface area contributed by atoms with Crippen molar-refractivity contribution >= 4 is 16.0 Å². The van der Waals surface area contributed by atoms with E-state index in [9.17, 15) is 17.6 Å². The zero-order valence-electron chi connectivity index (χ0n) is 15.8. The van der Waals surface area contributed by atoms with Crippen molar-refractivity contribution in [2.75, 3.05) is 5.75 Å². The summed E-state index contributed by atoms with van der Waals surface area (Å²) in [6.07, 6.45) is 0. The van der Waals surface area contributed by atoms with Gasteiger partial charge in [-0.05, 0) is 49.2 Å². The fourth-order valence-corrected chi connectivity index (χ4v) is 1.87.